The number of carbonyl (C=O) groups excluding carboxylic acids is 2. The van der Waals surface area contributed by atoms with Crippen LogP contribution in [0.25, 0.3) is 0 Å². The van der Waals surface area contributed by atoms with Gasteiger partial charge in [0.25, 0.3) is 0 Å². The third-order valence-electron chi connectivity index (χ3n) is 3.01. The van der Waals surface area contributed by atoms with Crippen LogP contribution in [0.5, 0.6) is 0 Å². The maximum Gasteiger partial charge on any atom is 0.331 e. The molecule has 2 aromatic carbocycles. The third kappa shape index (κ3) is 5.94. The van der Waals surface area contributed by atoms with Gasteiger partial charge in [-0.1, -0.05) is 68.3 Å². The molecular formula is C18H14Br2O4. The first-order valence-corrected chi connectivity index (χ1v) is 8.63. The van der Waals surface area contributed by atoms with E-state index in [1.165, 1.54) is 0 Å². The van der Waals surface area contributed by atoms with E-state index in [1.54, 1.807) is 0 Å². The Morgan fingerprint density at radius 2 is 1.12 bits per heavy atom. The van der Waals surface area contributed by atoms with E-state index in [0.717, 1.165) is 32.2 Å². The van der Waals surface area contributed by atoms with Gasteiger partial charge < -0.3 is 9.47 Å². The van der Waals surface area contributed by atoms with Crippen LogP contribution in [0.15, 0.2) is 69.6 Å². The second-order valence-electron chi connectivity index (χ2n) is 4.73. The number of esters is 2. The molecule has 0 bridgehead atoms. The second kappa shape index (κ2) is 9.39. The molecule has 0 saturated carbocycles. The van der Waals surface area contributed by atoms with Crippen LogP contribution in [-0.4, -0.2) is 11.9 Å². The van der Waals surface area contributed by atoms with Gasteiger partial charge in [0.15, 0.2) is 0 Å². The maximum atomic E-state index is 11.6. The minimum absolute atomic E-state index is 0.122. The molecule has 2 aromatic rings. The second-order valence-corrected chi connectivity index (χ2v) is 6.44. The summed E-state index contributed by atoms with van der Waals surface area (Å²) in [6, 6.07) is 14.8. The molecule has 2 rings (SSSR count). The van der Waals surface area contributed by atoms with Gasteiger partial charge in [-0.25, -0.2) is 9.59 Å². The lowest BCUT2D eigenvalue weighted by molar-refractivity contribution is -0.141. The Labute approximate surface area is 156 Å². The molecule has 0 aromatic heterocycles. The first kappa shape index (κ1) is 18.4. The number of benzene rings is 2. The van der Waals surface area contributed by atoms with Gasteiger partial charge in [-0.15, -0.1) is 0 Å². The number of halogens is 2. The number of rotatable bonds is 6. The fourth-order valence-corrected chi connectivity index (χ4v) is 2.56. The predicted molar refractivity (Wildman–Crippen MR) is 97.0 cm³/mol. The Balaban J connectivity index is 1.78. The van der Waals surface area contributed by atoms with Crippen LogP contribution in [0.1, 0.15) is 11.1 Å². The van der Waals surface area contributed by atoms with Crippen molar-refractivity contribution in [3.8, 4) is 0 Å². The highest BCUT2D eigenvalue weighted by Crippen LogP contribution is 2.17. The zero-order chi connectivity index (χ0) is 17.4. The van der Waals surface area contributed by atoms with Crippen molar-refractivity contribution in [1.29, 1.82) is 0 Å². The van der Waals surface area contributed by atoms with E-state index in [4.69, 9.17) is 9.47 Å². The summed E-state index contributed by atoms with van der Waals surface area (Å²) in [5.74, 6) is -1.22. The average Bonchev–Trinajstić information content (AvgIpc) is 2.58. The lowest BCUT2D eigenvalue weighted by Crippen LogP contribution is -2.05. The smallest absolute Gasteiger partial charge is 0.331 e. The monoisotopic (exact) mass is 452 g/mol. The number of hydrogen-bond acceptors (Lipinski definition) is 4. The van der Waals surface area contributed by atoms with Crippen molar-refractivity contribution < 1.29 is 19.1 Å². The van der Waals surface area contributed by atoms with Crippen LogP contribution < -0.4 is 0 Å². The van der Waals surface area contributed by atoms with Crippen molar-refractivity contribution in [3.63, 3.8) is 0 Å². The quantitative estimate of drug-likeness (QED) is 0.475. The van der Waals surface area contributed by atoms with Crippen molar-refractivity contribution in [1.82, 2.24) is 0 Å². The maximum absolute atomic E-state index is 11.6. The molecule has 0 fully saturated rings. The van der Waals surface area contributed by atoms with E-state index in [0.29, 0.717) is 0 Å². The van der Waals surface area contributed by atoms with E-state index < -0.39 is 11.9 Å². The van der Waals surface area contributed by atoms with Gasteiger partial charge in [-0.3, -0.25) is 0 Å². The molecule has 0 aliphatic rings. The molecule has 0 aliphatic heterocycles. The van der Waals surface area contributed by atoms with E-state index >= 15 is 0 Å². The van der Waals surface area contributed by atoms with Crippen LogP contribution in [0.4, 0.5) is 0 Å². The lowest BCUT2D eigenvalue weighted by atomic mass is 10.2. The molecule has 24 heavy (non-hydrogen) atoms. The standard InChI is InChI=1S/C18H14Br2O4/c19-15-7-3-1-5-13(15)11-23-17(21)9-10-18(22)24-12-14-6-2-4-8-16(14)20/h1-10H,11-12H2. The Morgan fingerprint density at radius 1 is 0.750 bits per heavy atom. The number of carbonyl (C=O) groups is 2. The van der Waals surface area contributed by atoms with E-state index in [1.807, 2.05) is 48.5 Å². The van der Waals surface area contributed by atoms with E-state index in [2.05, 4.69) is 31.9 Å². The van der Waals surface area contributed by atoms with Crippen molar-refractivity contribution in [3.05, 3.63) is 80.8 Å². The van der Waals surface area contributed by atoms with Gasteiger partial charge in [-0.2, -0.15) is 0 Å². The minimum Gasteiger partial charge on any atom is -0.458 e. The molecule has 0 radical (unpaired) electrons. The Bertz CT molecular complexity index is 693. The Kier molecular flexibility index (Phi) is 7.21. The molecule has 6 heteroatoms. The molecule has 0 spiro atoms. The molecule has 0 atom stereocenters. The number of ether oxygens (including phenoxy) is 2. The summed E-state index contributed by atoms with van der Waals surface area (Å²) in [6.45, 7) is 0.243. The first-order valence-electron chi connectivity index (χ1n) is 7.04. The number of hydrogen-bond donors (Lipinski definition) is 0. The van der Waals surface area contributed by atoms with Gasteiger partial charge in [0.1, 0.15) is 13.2 Å². The van der Waals surface area contributed by atoms with Crippen LogP contribution in [0, 0.1) is 0 Å². The van der Waals surface area contributed by atoms with Crippen molar-refractivity contribution >= 4 is 43.8 Å². The molecule has 0 unspecified atom stereocenters. The third-order valence-corrected chi connectivity index (χ3v) is 4.56. The average molecular weight is 454 g/mol. The first-order chi connectivity index (χ1) is 11.6. The van der Waals surface area contributed by atoms with Crippen LogP contribution in [-0.2, 0) is 32.3 Å². The van der Waals surface area contributed by atoms with Crippen LogP contribution in [0.3, 0.4) is 0 Å². The fraction of sp³-hybridized carbons (Fsp3) is 0.111. The van der Waals surface area contributed by atoms with Gasteiger partial charge in [0, 0.05) is 32.2 Å². The van der Waals surface area contributed by atoms with Crippen LogP contribution >= 0.6 is 31.9 Å². The normalized spacial score (nSPS) is 10.6. The molecular weight excluding hydrogens is 440 g/mol. The highest BCUT2D eigenvalue weighted by molar-refractivity contribution is 9.10. The fourth-order valence-electron chi connectivity index (χ4n) is 1.76. The molecule has 0 heterocycles. The molecule has 4 nitrogen and oxygen atoms in total. The topological polar surface area (TPSA) is 52.6 Å². The Morgan fingerprint density at radius 3 is 1.50 bits per heavy atom. The molecule has 0 amide bonds. The molecule has 0 N–H and O–H groups in total. The Hall–Kier alpha value is -1.92. The summed E-state index contributed by atoms with van der Waals surface area (Å²) in [5, 5.41) is 0. The van der Waals surface area contributed by atoms with E-state index in [-0.39, 0.29) is 13.2 Å². The van der Waals surface area contributed by atoms with Gasteiger partial charge >= 0.3 is 11.9 Å². The SMILES string of the molecule is O=C(C=CC(=O)OCc1ccccc1Br)OCc1ccccc1Br. The van der Waals surface area contributed by atoms with Gasteiger partial charge in [-0.05, 0) is 12.1 Å². The van der Waals surface area contributed by atoms with Crippen molar-refractivity contribution in [2.75, 3.05) is 0 Å². The molecule has 0 saturated heterocycles. The molecule has 124 valence electrons. The van der Waals surface area contributed by atoms with Gasteiger partial charge in [0.2, 0.25) is 0 Å². The molecule has 0 aliphatic carbocycles. The summed E-state index contributed by atoms with van der Waals surface area (Å²) >= 11 is 6.74. The summed E-state index contributed by atoms with van der Waals surface area (Å²) in [4.78, 5) is 23.2. The summed E-state index contributed by atoms with van der Waals surface area (Å²) in [6.07, 6.45) is 2.11. The van der Waals surface area contributed by atoms with Gasteiger partial charge in [0.05, 0.1) is 0 Å². The summed E-state index contributed by atoms with van der Waals surface area (Å²) in [7, 11) is 0. The zero-order valence-corrected chi connectivity index (χ0v) is 15.7. The van der Waals surface area contributed by atoms with Crippen molar-refractivity contribution in [2.45, 2.75) is 13.2 Å². The highest BCUT2D eigenvalue weighted by Gasteiger charge is 2.05. The summed E-state index contributed by atoms with van der Waals surface area (Å²) in [5.41, 5.74) is 1.69. The minimum atomic E-state index is -0.608. The van der Waals surface area contributed by atoms with Crippen molar-refractivity contribution in [2.24, 2.45) is 0 Å². The largest absolute Gasteiger partial charge is 0.458 e. The highest BCUT2D eigenvalue weighted by atomic mass is 79.9. The predicted octanol–water partition coefficient (Wildman–Crippen LogP) is 4.55. The lowest BCUT2D eigenvalue weighted by Gasteiger charge is -2.05. The zero-order valence-electron chi connectivity index (χ0n) is 12.6. The van der Waals surface area contributed by atoms with Crippen LogP contribution in [0.2, 0.25) is 0 Å². The summed E-state index contributed by atoms with van der Waals surface area (Å²) < 4.78 is 11.9. The van der Waals surface area contributed by atoms with E-state index in [9.17, 15) is 9.59 Å².